The molecule has 1 aromatic rings. The Morgan fingerprint density at radius 2 is 1.76 bits per heavy atom. The number of hydrogen-bond acceptors (Lipinski definition) is 5. The van der Waals surface area contributed by atoms with Gasteiger partial charge in [-0.15, -0.1) is 0 Å². The summed E-state index contributed by atoms with van der Waals surface area (Å²) in [5.74, 6) is -1.19. The number of ether oxygens (including phenoxy) is 1. The normalized spacial score (nSPS) is 19.2. The predicted molar refractivity (Wildman–Crippen MR) is 109 cm³/mol. The summed E-state index contributed by atoms with van der Waals surface area (Å²) >= 11 is 12.0. The maximum absolute atomic E-state index is 12.8. The smallest absolute Gasteiger partial charge is 0.309 e. The molecule has 0 aromatic heterocycles. The van der Waals surface area contributed by atoms with Crippen molar-refractivity contribution in [2.75, 3.05) is 19.7 Å². The van der Waals surface area contributed by atoms with E-state index in [1.165, 1.54) is 22.5 Å². The molecule has 1 aliphatic heterocycles. The highest BCUT2D eigenvalue weighted by atomic mass is 35.5. The third-order valence-electron chi connectivity index (χ3n) is 5.39. The Kier molecular flexibility index (Phi) is 7.42. The van der Waals surface area contributed by atoms with Crippen molar-refractivity contribution >= 4 is 45.1 Å². The fourth-order valence-corrected chi connectivity index (χ4v) is 5.95. The van der Waals surface area contributed by atoms with E-state index < -0.39 is 21.9 Å². The molecule has 0 spiro atoms. The van der Waals surface area contributed by atoms with Crippen molar-refractivity contribution in [2.45, 2.75) is 49.5 Å². The first-order chi connectivity index (χ1) is 13.8. The van der Waals surface area contributed by atoms with Gasteiger partial charge < -0.3 is 10.1 Å². The summed E-state index contributed by atoms with van der Waals surface area (Å²) in [6.07, 6.45) is 4.77. The Hall–Kier alpha value is -1.35. The number of nitrogens with zero attached hydrogens (tertiary/aromatic N) is 1. The summed E-state index contributed by atoms with van der Waals surface area (Å²) < 4.78 is 32.1. The van der Waals surface area contributed by atoms with Gasteiger partial charge in [0, 0.05) is 19.1 Å². The van der Waals surface area contributed by atoms with Gasteiger partial charge in [0.05, 0.1) is 16.0 Å². The molecule has 1 aromatic carbocycles. The lowest BCUT2D eigenvalue weighted by molar-refractivity contribution is -0.153. The van der Waals surface area contributed by atoms with Crippen molar-refractivity contribution in [1.82, 2.24) is 9.62 Å². The first kappa shape index (κ1) is 22.3. The monoisotopic (exact) mass is 462 g/mol. The second-order valence-electron chi connectivity index (χ2n) is 7.39. The summed E-state index contributed by atoms with van der Waals surface area (Å²) in [6, 6.07) is 4.64. The highest BCUT2D eigenvalue weighted by Gasteiger charge is 2.34. The number of piperidine rings is 1. The van der Waals surface area contributed by atoms with E-state index in [-0.39, 0.29) is 46.6 Å². The molecule has 0 unspecified atom stereocenters. The Morgan fingerprint density at radius 1 is 1.10 bits per heavy atom. The number of halogens is 2. The van der Waals surface area contributed by atoms with Crippen LogP contribution in [-0.4, -0.2) is 50.3 Å². The van der Waals surface area contributed by atoms with Crippen LogP contribution in [0.3, 0.4) is 0 Å². The number of rotatable bonds is 6. The lowest BCUT2D eigenvalue weighted by Crippen LogP contribution is -2.41. The van der Waals surface area contributed by atoms with E-state index >= 15 is 0 Å². The molecule has 2 fully saturated rings. The quantitative estimate of drug-likeness (QED) is 0.655. The van der Waals surface area contributed by atoms with E-state index in [1.54, 1.807) is 0 Å². The molecular formula is C19H24Cl2N2O5S. The van der Waals surface area contributed by atoms with Crippen molar-refractivity contribution in [2.24, 2.45) is 5.92 Å². The second-order valence-corrected chi connectivity index (χ2v) is 10.1. The van der Waals surface area contributed by atoms with Crippen LogP contribution >= 0.6 is 23.2 Å². The molecule has 1 aliphatic carbocycles. The summed E-state index contributed by atoms with van der Waals surface area (Å²) in [7, 11) is -3.80. The van der Waals surface area contributed by atoms with Crippen molar-refractivity contribution in [1.29, 1.82) is 0 Å². The Labute approximate surface area is 180 Å². The van der Waals surface area contributed by atoms with Gasteiger partial charge in [-0.2, -0.15) is 4.31 Å². The number of nitrogens with one attached hydrogen (secondary N) is 1. The maximum atomic E-state index is 12.8. The van der Waals surface area contributed by atoms with Gasteiger partial charge in [-0.3, -0.25) is 9.59 Å². The van der Waals surface area contributed by atoms with E-state index in [1.807, 2.05) is 0 Å². The summed E-state index contributed by atoms with van der Waals surface area (Å²) in [4.78, 5) is 24.1. The van der Waals surface area contributed by atoms with Gasteiger partial charge in [-0.25, -0.2) is 8.42 Å². The van der Waals surface area contributed by atoms with Gasteiger partial charge in [-0.1, -0.05) is 42.1 Å². The van der Waals surface area contributed by atoms with Crippen molar-refractivity contribution in [3.8, 4) is 0 Å². The number of carbonyl (C=O) groups excluding carboxylic acids is 2. The average Bonchev–Trinajstić information content (AvgIpc) is 3.21. The third kappa shape index (κ3) is 5.42. The molecule has 1 saturated carbocycles. The highest BCUT2D eigenvalue weighted by Crippen LogP contribution is 2.32. The van der Waals surface area contributed by atoms with Crippen LogP contribution in [-0.2, 0) is 24.3 Å². The number of benzene rings is 1. The van der Waals surface area contributed by atoms with Crippen molar-refractivity contribution < 1.29 is 22.7 Å². The van der Waals surface area contributed by atoms with Crippen LogP contribution in [0.1, 0.15) is 38.5 Å². The van der Waals surface area contributed by atoms with Gasteiger partial charge in [0.15, 0.2) is 6.61 Å². The van der Waals surface area contributed by atoms with Crippen LogP contribution in [0.25, 0.3) is 0 Å². The van der Waals surface area contributed by atoms with Crippen molar-refractivity contribution in [3.63, 3.8) is 0 Å². The molecule has 0 atom stereocenters. The lowest BCUT2D eigenvalue weighted by Gasteiger charge is -2.30. The van der Waals surface area contributed by atoms with E-state index in [9.17, 15) is 18.0 Å². The number of esters is 1. The lowest BCUT2D eigenvalue weighted by atomic mass is 9.98. The molecule has 1 heterocycles. The molecule has 3 rings (SSSR count). The predicted octanol–water partition coefficient (Wildman–Crippen LogP) is 3.00. The molecule has 1 N–H and O–H groups in total. The first-order valence-corrected chi connectivity index (χ1v) is 11.9. The zero-order valence-corrected chi connectivity index (χ0v) is 18.2. The van der Waals surface area contributed by atoms with Crippen LogP contribution in [0, 0.1) is 5.92 Å². The maximum Gasteiger partial charge on any atom is 0.309 e. The number of carbonyl (C=O) groups is 2. The molecule has 29 heavy (non-hydrogen) atoms. The second kappa shape index (κ2) is 9.64. The van der Waals surface area contributed by atoms with Gasteiger partial charge in [0.1, 0.15) is 4.90 Å². The Balaban J connectivity index is 1.50. The van der Waals surface area contributed by atoms with Crippen LogP contribution in [0.15, 0.2) is 23.1 Å². The van der Waals surface area contributed by atoms with Crippen LogP contribution < -0.4 is 5.32 Å². The Bertz CT molecular complexity index is 863. The number of sulfonamides is 1. The van der Waals surface area contributed by atoms with Gasteiger partial charge in [0.25, 0.3) is 5.91 Å². The molecule has 1 amide bonds. The zero-order chi connectivity index (χ0) is 21.0. The minimum atomic E-state index is -3.80. The van der Waals surface area contributed by atoms with Gasteiger partial charge in [0.2, 0.25) is 10.0 Å². The molecule has 0 radical (unpaired) electrons. The number of amides is 1. The summed E-state index contributed by atoms with van der Waals surface area (Å²) in [6.45, 7) is 0.0321. The molecule has 1 saturated heterocycles. The van der Waals surface area contributed by atoms with E-state index in [2.05, 4.69) is 5.32 Å². The Morgan fingerprint density at radius 3 is 2.41 bits per heavy atom. The topological polar surface area (TPSA) is 92.8 Å². The van der Waals surface area contributed by atoms with E-state index in [0.29, 0.717) is 12.8 Å². The van der Waals surface area contributed by atoms with E-state index in [0.717, 1.165) is 25.7 Å². The number of hydrogen-bond donors (Lipinski definition) is 1. The van der Waals surface area contributed by atoms with Crippen LogP contribution in [0.2, 0.25) is 10.0 Å². The molecule has 7 nitrogen and oxygen atoms in total. The van der Waals surface area contributed by atoms with Crippen LogP contribution in [0.4, 0.5) is 0 Å². The SMILES string of the molecule is O=C(COC(=O)C1CCN(S(=O)(=O)c2cccc(Cl)c2Cl)CC1)NC1CCCC1. The van der Waals surface area contributed by atoms with E-state index in [4.69, 9.17) is 27.9 Å². The summed E-state index contributed by atoms with van der Waals surface area (Å²) in [5, 5.41) is 3.02. The van der Waals surface area contributed by atoms with Crippen LogP contribution in [0.5, 0.6) is 0 Å². The average molecular weight is 463 g/mol. The fraction of sp³-hybridized carbons (Fsp3) is 0.579. The molecule has 2 aliphatic rings. The highest BCUT2D eigenvalue weighted by molar-refractivity contribution is 7.89. The minimum Gasteiger partial charge on any atom is -0.455 e. The molecule has 10 heteroatoms. The largest absolute Gasteiger partial charge is 0.455 e. The minimum absolute atomic E-state index is 0.0102. The zero-order valence-electron chi connectivity index (χ0n) is 15.9. The summed E-state index contributed by atoms with van der Waals surface area (Å²) in [5.41, 5.74) is 0. The standard InChI is InChI=1S/C19H24Cl2N2O5S/c20-15-6-3-7-16(18(15)21)29(26,27)23-10-8-13(9-11-23)19(25)28-12-17(24)22-14-4-1-2-5-14/h3,6-7,13-14H,1-2,4-5,8-12H2,(H,22,24). The molecule has 160 valence electrons. The van der Waals surface area contributed by atoms with Gasteiger partial charge >= 0.3 is 5.97 Å². The first-order valence-electron chi connectivity index (χ1n) is 9.69. The molecule has 0 bridgehead atoms. The third-order valence-corrected chi connectivity index (χ3v) is 8.26. The fourth-order valence-electron chi connectivity index (χ4n) is 3.75. The van der Waals surface area contributed by atoms with Crippen molar-refractivity contribution in [3.05, 3.63) is 28.2 Å². The molecular weight excluding hydrogens is 439 g/mol. The van der Waals surface area contributed by atoms with Gasteiger partial charge in [-0.05, 0) is 37.8 Å².